The molecular formula is C15H29NO6S. The number of aliphatic hydroxyl groups is 2. The lowest BCUT2D eigenvalue weighted by molar-refractivity contribution is -0.154. The largest absolute Gasteiger partial charge is 0.463 e. The fourth-order valence-corrected chi connectivity index (χ4v) is 2.37. The molecule has 0 aromatic carbocycles. The maximum absolute atomic E-state index is 11.5. The number of hydrogen-bond donors (Lipinski definition) is 3. The Hall–Kier alpha value is -0.830. The molecule has 4 unspecified atom stereocenters. The van der Waals surface area contributed by atoms with Crippen LogP contribution >= 0.6 is 11.8 Å². The lowest BCUT2D eigenvalue weighted by Gasteiger charge is -2.14. The third-order valence-electron chi connectivity index (χ3n) is 3.28. The molecule has 0 amide bonds. The third kappa shape index (κ3) is 11.4. The smallest absolute Gasteiger partial charge is 0.308 e. The molecule has 0 aromatic rings. The average molecular weight is 351 g/mol. The van der Waals surface area contributed by atoms with Gasteiger partial charge in [-0.15, -0.1) is 0 Å². The van der Waals surface area contributed by atoms with Gasteiger partial charge in [-0.1, -0.05) is 20.8 Å². The van der Waals surface area contributed by atoms with Crippen molar-refractivity contribution in [2.45, 2.75) is 45.9 Å². The Labute approximate surface area is 141 Å². The van der Waals surface area contributed by atoms with Gasteiger partial charge in [0.1, 0.15) is 25.5 Å². The first kappa shape index (κ1) is 22.2. The van der Waals surface area contributed by atoms with Gasteiger partial charge in [-0.2, -0.15) is 11.8 Å². The predicted molar refractivity (Wildman–Crippen MR) is 88.7 cm³/mol. The number of ether oxygens (including phenoxy) is 2. The van der Waals surface area contributed by atoms with E-state index in [-0.39, 0.29) is 37.4 Å². The Morgan fingerprint density at radius 2 is 1.78 bits per heavy atom. The van der Waals surface area contributed by atoms with E-state index in [1.165, 1.54) is 11.8 Å². The molecule has 0 aromatic heterocycles. The number of aliphatic hydroxyl groups excluding tert-OH is 2. The number of carbonyl (C=O) groups is 2. The van der Waals surface area contributed by atoms with Crippen molar-refractivity contribution < 1.29 is 29.3 Å². The summed E-state index contributed by atoms with van der Waals surface area (Å²) in [6.07, 6.45) is -1.01. The van der Waals surface area contributed by atoms with E-state index in [2.05, 4.69) is 0 Å². The zero-order valence-corrected chi connectivity index (χ0v) is 14.9. The quantitative estimate of drug-likeness (QED) is 0.264. The van der Waals surface area contributed by atoms with E-state index in [9.17, 15) is 14.7 Å². The molecule has 0 spiro atoms. The molecule has 136 valence electrons. The molecule has 0 radical (unpaired) electrons. The Balaban J connectivity index is 3.70. The molecule has 0 aliphatic rings. The van der Waals surface area contributed by atoms with E-state index >= 15 is 0 Å². The topological polar surface area (TPSA) is 119 Å². The maximum Gasteiger partial charge on any atom is 0.308 e. The van der Waals surface area contributed by atoms with Gasteiger partial charge in [0.2, 0.25) is 0 Å². The zero-order chi connectivity index (χ0) is 17.8. The first-order chi connectivity index (χ1) is 10.8. The van der Waals surface area contributed by atoms with Crippen molar-refractivity contribution in [3.05, 3.63) is 0 Å². The summed E-state index contributed by atoms with van der Waals surface area (Å²) in [4.78, 5) is 22.9. The number of rotatable bonds is 12. The van der Waals surface area contributed by atoms with Crippen molar-refractivity contribution in [1.82, 2.24) is 0 Å². The van der Waals surface area contributed by atoms with Crippen LogP contribution in [0, 0.1) is 11.8 Å². The highest BCUT2D eigenvalue weighted by Crippen LogP contribution is 2.11. The minimum absolute atomic E-state index is 0.0435. The number of thioether (sulfide) groups is 1. The van der Waals surface area contributed by atoms with Crippen LogP contribution in [-0.2, 0) is 19.1 Å². The Morgan fingerprint density at radius 1 is 1.17 bits per heavy atom. The second kappa shape index (κ2) is 12.6. The van der Waals surface area contributed by atoms with Crippen molar-refractivity contribution in [1.29, 1.82) is 0 Å². The van der Waals surface area contributed by atoms with Gasteiger partial charge in [-0.3, -0.25) is 9.59 Å². The monoisotopic (exact) mass is 351 g/mol. The molecule has 0 rings (SSSR count). The standard InChI is InChI=1S/C15H29NO6S/c1-4-10(2)15(20)22-8-12(17)7-21-13(18)5-6-23-9-11(3)14(16)19/h10-12,14,17,19H,4-9,16H2,1-3H3. The molecular weight excluding hydrogens is 322 g/mol. The zero-order valence-electron chi connectivity index (χ0n) is 14.1. The first-order valence-corrected chi connectivity index (χ1v) is 8.95. The summed E-state index contributed by atoms with van der Waals surface area (Å²) in [5, 5.41) is 18.7. The summed E-state index contributed by atoms with van der Waals surface area (Å²) in [5.74, 6) is 0.152. The van der Waals surface area contributed by atoms with Crippen molar-refractivity contribution >= 4 is 23.7 Å². The van der Waals surface area contributed by atoms with Crippen molar-refractivity contribution in [3.63, 3.8) is 0 Å². The van der Waals surface area contributed by atoms with Crippen LogP contribution in [0.5, 0.6) is 0 Å². The molecule has 0 bridgehead atoms. The molecule has 0 fully saturated rings. The molecule has 23 heavy (non-hydrogen) atoms. The SMILES string of the molecule is CCC(C)C(=O)OCC(O)COC(=O)CCSCC(C)C(N)O. The number of hydrogen-bond acceptors (Lipinski definition) is 8. The average Bonchev–Trinajstić information content (AvgIpc) is 2.53. The predicted octanol–water partition coefficient (Wildman–Crippen LogP) is 0.516. The number of nitrogens with two attached hydrogens (primary N) is 1. The summed E-state index contributed by atoms with van der Waals surface area (Å²) in [5.41, 5.74) is 5.32. The van der Waals surface area contributed by atoms with Gasteiger partial charge in [0.15, 0.2) is 0 Å². The van der Waals surface area contributed by atoms with Gasteiger partial charge in [0, 0.05) is 11.7 Å². The van der Waals surface area contributed by atoms with Crippen molar-refractivity contribution in [2.24, 2.45) is 17.6 Å². The summed E-state index contributed by atoms with van der Waals surface area (Å²) in [6.45, 7) is 5.06. The lowest BCUT2D eigenvalue weighted by Crippen LogP contribution is -2.29. The second-order valence-corrected chi connectivity index (χ2v) is 6.72. The van der Waals surface area contributed by atoms with Crippen molar-refractivity contribution in [3.8, 4) is 0 Å². The second-order valence-electron chi connectivity index (χ2n) is 5.57. The summed E-state index contributed by atoms with van der Waals surface area (Å²) >= 11 is 1.50. The van der Waals surface area contributed by atoms with E-state index in [4.69, 9.17) is 20.3 Å². The van der Waals surface area contributed by atoms with Crippen LogP contribution in [0.2, 0.25) is 0 Å². The van der Waals surface area contributed by atoms with Crippen LogP contribution in [0.1, 0.15) is 33.6 Å². The van der Waals surface area contributed by atoms with Crippen LogP contribution in [0.25, 0.3) is 0 Å². The highest BCUT2D eigenvalue weighted by molar-refractivity contribution is 7.99. The molecule has 0 aliphatic heterocycles. The van der Waals surface area contributed by atoms with Crippen LogP contribution in [-0.4, -0.2) is 59.2 Å². The highest BCUT2D eigenvalue weighted by Gasteiger charge is 2.16. The molecule has 0 aliphatic carbocycles. The Morgan fingerprint density at radius 3 is 2.35 bits per heavy atom. The van der Waals surface area contributed by atoms with Gasteiger partial charge in [0.05, 0.1) is 12.3 Å². The molecule has 8 heteroatoms. The fourth-order valence-electron chi connectivity index (χ4n) is 1.32. The molecule has 7 nitrogen and oxygen atoms in total. The molecule has 4 N–H and O–H groups in total. The number of carbonyl (C=O) groups excluding carboxylic acids is 2. The molecule has 0 saturated heterocycles. The van der Waals surface area contributed by atoms with E-state index in [1.54, 1.807) is 6.92 Å². The van der Waals surface area contributed by atoms with Crippen molar-refractivity contribution in [2.75, 3.05) is 24.7 Å². The minimum atomic E-state index is -1.02. The van der Waals surface area contributed by atoms with E-state index in [0.717, 1.165) is 0 Å². The fraction of sp³-hybridized carbons (Fsp3) is 0.867. The first-order valence-electron chi connectivity index (χ1n) is 7.79. The highest BCUT2D eigenvalue weighted by atomic mass is 32.2. The van der Waals surface area contributed by atoms with Gasteiger partial charge in [-0.25, -0.2) is 0 Å². The van der Waals surface area contributed by atoms with Gasteiger partial charge in [0.25, 0.3) is 0 Å². The summed E-state index contributed by atoms with van der Waals surface area (Å²) in [7, 11) is 0. The minimum Gasteiger partial charge on any atom is -0.463 e. The van der Waals surface area contributed by atoms with Crippen LogP contribution in [0.3, 0.4) is 0 Å². The van der Waals surface area contributed by atoms with E-state index < -0.39 is 18.3 Å². The van der Waals surface area contributed by atoms with Crippen LogP contribution < -0.4 is 5.73 Å². The molecule has 0 heterocycles. The lowest BCUT2D eigenvalue weighted by atomic mass is 10.1. The third-order valence-corrected chi connectivity index (χ3v) is 4.54. The van der Waals surface area contributed by atoms with Gasteiger partial charge >= 0.3 is 11.9 Å². The molecule has 4 atom stereocenters. The maximum atomic E-state index is 11.5. The summed E-state index contributed by atoms with van der Waals surface area (Å²) < 4.78 is 9.83. The van der Waals surface area contributed by atoms with Crippen LogP contribution in [0.15, 0.2) is 0 Å². The van der Waals surface area contributed by atoms with Gasteiger partial charge in [-0.05, 0) is 12.2 Å². The van der Waals surface area contributed by atoms with E-state index in [0.29, 0.717) is 17.9 Å². The van der Waals surface area contributed by atoms with E-state index in [1.807, 2.05) is 13.8 Å². The molecule has 0 saturated carbocycles. The number of esters is 2. The van der Waals surface area contributed by atoms with Gasteiger partial charge < -0.3 is 25.4 Å². The summed E-state index contributed by atoms with van der Waals surface area (Å²) in [6, 6.07) is 0. The Bertz CT molecular complexity index is 353. The normalized spacial score (nSPS) is 16.3. The van der Waals surface area contributed by atoms with Crippen LogP contribution in [0.4, 0.5) is 0 Å². The Kier molecular flexibility index (Phi) is 12.1.